The highest BCUT2D eigenvalue weighted by atomic mass is 16.6. The second kappa shape index (κ2) is 39.3. The highest BCUT2D eigenvalue weighted by Crippen LogP contribution is 2.25. The van der Waals surface area contributed by atoms with Crippen LogP contribution in [-0.4, -0.2) is 146 Å². The third kappa shape index (κ3) is 26.6. The summed E-state index contributed by atoms with van der Waals surface area (Å²) in [6.45, 7) is 21.1. The van der Waals surface area contributed by atoms with E-state index in [1.54, 1.807) is 94.7 Å². The van der Waals surface area contributed by atoms with Crippen LogP contribution >= 0.6 is 0 Å². The number of esters is 8. The van der Waals surface area contributed by atoms with Crippen molar-refractivity contribution >= 4 is 88.8 Å². The largest absolute Gasteiger partial charge is 0.461 e. The first-order valence-corrected chi connectivity index (χ1v) is 27.3. The molecule has 3 aromatic carbocycles. The third-order valence-electron chi connectivity index (χ3n) is 12.3. The molecule has 0 saturated carbocycles. The Balaban J connectivity index is 1.93. The van der Waals surface area contributed by atoms with Crippen LogP contribution in [0.1, 0.15) is 36.5 Å². The van der Waals surface area contributed by atoms with Crippen molar-refractivity contribution in [3.63, 3.8) is 0 Å². The number of benzene rings is 3. The zero-order valence-electron chi connectivity index (χ0n) is 49.3. The van der Waals surface area contributed by atoms with E-state index in [0.717, 1.165) is 30.4 Å². The van der Waals surface area contributed by atoms with E-state index in [-0.39, 0.29) is 78.0 Å². The average Bonchev–Trinajstić information content (AvgIpc) is 3.64. The number of nitrogens with zero attached hydrogens (tertiary/aromatic N) is 6. The maximum atomic E-state index is 13.7. The first-order chi connectivity index (χ1) is 42.8. The Kier molecular flexibility index (Phi) is 31.7. The van der Waals surface area contributed by atoms with Crippen LogP contribution in [0.25, 0.3) is 18.2 Å². The number of nitriles is 3. The Morgan fingerprint density at radius 3 is 0.865 bits per heavy atom. The minimum atomic E-state index is -1.61. The predicted molar refractivity (Wildman–Crippen MR) is 328 cm³/mol. The number of allylic oxidation sites excluding steroid dienone is 1. The molecule has 0 aliphatic heterocycles. The van der Waals surface area contributed by atoms with Gasteiger partial charge in [0.25, 0.3) is 0 Å². The van der Waals surface area contributed by atoms with Crippen LogP contribution in [0.2, 0.25) is 0 Å². The van der Waals surface area contributed by atoms with Gasteiger partial charge in [-0.05, 0) is 90.7 Å². The quantitative estimate of drug-likeness (QED) is 0.0238. The first-order valence-electron chi connectivity index (χ1n) is 27.3. The van der Waals surface area contributed by atoms with Crippen molar-refractivity contribution in [2.45, 2.75) is 19.8 Å². The topological polar surface area (TPSA) is 309 Å². The standard InChI is InChI=1S/C66H68N6O17/c1-8-57(73)15-14-28-70(29-34-82-58(74)9-2)54-22-16-48(17-23-54)39-51(42-67)63(79)87-45-66(7,46-88-64(80)52(43-68)40-49-18-24-55(25-19-49)71(30-35-83-59(75)10-3)31-36-84-60(76)11-4)47-89-65(81)53(44-69)41-50-20-26-56(27-21-50)72(32-37-85-61(77)12-5)33-38-86-62(78)13-6/h8-13,16-27,39-41H,1-6,14-15,28-38,45-47H2,7H3/b51-39+,52-40+,53-41+. The van der Waals surface area contributed by atoms with Crippen LogP contribution in [-0.2, 0) is 81.0 Å². The second-order valence-electron chi connectivity index (χ2n) is 18.9. The smallest absolute Gasteiger partial charge is 0.348 e. The zero-order chi connectivity index (χ0) is 65.6. The lowest BCUT2D eigenvalue weighted by Gasteiger charge is -2.28. The molecule has 0 aliphatic rings. The molecule has 0 radical (unpaired) electrons. The number of hydrogen-bond donors (Lipinski definition) is 0. The van der Waals surface area contributed by atoms with Crippen molar-refractivity contribution in [3.8, 4) is 18.2 Å². The number of anilines is 3. The number of ether oxygens (including phenoxy) is 8. The molecule has 3 aromatic rings. The van der Waals surface area contributed by atoms with E-state index in [9.17, 15) is 58.9 Å². The Morgan fingerprint density at radius 2 is 0.640 bits per heavy atom. The number of rotatable bonds is 40. The van der Waals surface area contributed by atoms with Crippen LogP contribution in [0.15, 0.2) is 165 Å². The minimum Gasteiger partial charge on any atom is -0.461 e. The molecule has 0 aromatic heterocycles. The lowest BCUT2D eigenvalue weighted by Crippen LogP contribution is -2.37. The molecule has 23 heteroatoms. The summed E-state index contributed by atoms with van der Waals surface area (Å²) >= 11 is 0. The third-order valence-corrected chi connectivity index (χ3v) is 12.3. The summed E-state index contributed by atoms with van der Waals surface area (Å²) in [4.78, 5) is 117. The molecule has 0 bridgehead atoms. The molecular weight excluding hydrogens is 1150 g/mol. The number of carbonyl (C=O) groups is 9. The summed E-state index contributed by atoms with van der Waals surface area (Å²) in [6, 6.07) is 25.0. The predicted octanol–water partition coefficient (Wildman–Crippen LogP) is 7.04. The fourth-order valence-electron chi connectivity index (χ4n) is 7.57. The summed E-state index contributed by atoms with van der Waals surface area (Å²) in [5.74, 6) is -6.68. The fraction of sp³-hybridized carbons (Fsp3) is 0.273. The van der Waals surface area contributed by atoms with Crippen molar-refractivity contribution in [1.82, 2.24) is 0 Å². The summed E-state index contributed by atoms with van der Waals surface area (Å²) in [6.07, 6.45) is 10.8. The molecule has 3 rings (SSSR count). The van der Waals surface area contributed by atoms with Crippen molar-refractivity contribution in [1.29, 1.82) is 15.8 Å². The average molecular weight is 1220 g/mol. The molecular formula is C66H68N6O17. The molecule has 23 nitrogen and oxygen atoms in total. The van der Waals surface area contributed by atoms with E-state index >= 15 is 0 Å². The van der Waals surface area contributed by atoms with Gasteiger partial charge in [-0.2, -0.15) is 15.8 Å². The molecule has 0 atom stereocenters. The van der Waals surface area contributed by atoms with Gasteiger partial charge in [-0.25, -0.2) is 38.4 Å². The van der Waals surface area contributed by atoms with Crippen LogP contribution in [0.3, 0.4) is 0 Å². The Bertz CT molecular complexity index is 2870. The van der Waals surface area contributed by atoms with Gasteiger partial charge in [0.15, 0.2) is 5.78 Å². The van der Waals surface area contributed by atoms with Crippen molar-refractivity contribution in [2.75, 3.05) is 107 Å². The summed E-state index contributed by atoms with van der Waals surface area (Å²) in [5, 5.41) is 30.4. The molecule has 89 heavy (non-hydrogen) atoms. The number of hydrogen-bond acceptors (Lipinski definition) is 23. The van der Waals surface area contributed by atoms with Gasteiger partial charge in [-0.1, -0.05) is 75.9 Å². The zero-order valence-corrected chi connectivity index (χ0v) is 49.3. The highest BCUT2D eigenvalue weighted by Gasteiger charge is 2.33. The fourth-order valence-corrected chi connectivity index (χ4v) is 7.57. The van der Waals surface area contributed by atoms with E-state index in [0.29, 0.717) is 46.7 Å². The van der Waals surface area contributed by atoms with Gasteiger partial charge in [0, 0.05) is 60.4 Å². The maximum absolute atomic E-state index is 13.7. The van der Waals surface area contributed by atoms with Gasteiger partial charge in [0.1, 0.15) is 87.8 Å². The Morgan fingerprint density at radius 1 is 0.393 bits per heavy atom. The number of carbonyl (C=O) groups excluding carboxylic acids is 9. The van der Waals surface area contributed by atoms with Crippen molar-refractivity contribution in [2.24, 2.45) is 5.41 Å². The molecule has 0 amide bonds. The van der Waals surface area contributed by atoms with Gasteiger partial charge in [0.2, 0.25) is 0 Å². The molecule has 0 unspecified atom stereocenters. The van der Waals surface area contributed by atoms with Gasteiger partial charge in [-0.15, -0.1) is 0 Å². The summed E-state index contributed by atoms with van der Waals surface area (Å²) < 4.78 is 42.5. The number of ketones is 1. The van der Waals surface area contributed by atoms with Crippen LogP contribution < -0.4 is 14.7 Å². The SMILES string of the molecule is C=CC(=O)CCCN(CCOC(=O)C=C)c1ccc(/C=C(\C#N)C(=O)OCC(C)(COC(=O)/C(C#N)=C/c2ccc(N(CCOC(=O)C=C)CCOC(=O)C=C)cc2)COC(=O)/C(C#N)=C/c2ccc(N(CCOC(=O)C=C)CCOC(=O)C=C)cc2)cc1. The van der Waals surface area contributed by atoms with Gasteiger partial charge in [-0.3, -0.25) is 4.79 Å². The van der Waals surface area contributed by atoms with Crippen molar-refractivity contribution < 1.29 is 81.0 Å². The Hall–Kier alpha value is -11.4. The first kappa shape index (κ1) is 71.9. The van der Waals surface area contributed by atoms with E-state index in [4.69, 9.17) is 37.9 Å². The van der Waals surface area contributed by atoms with E-state index in [1.165, 1.54) is 31.2 Å². The molecule has 0 saturated heterocycles. The molecule has 0 N–H and O–H groups in total. The maximum Gasteiger partial charge on any atom is 0.348 e. The normalized spacial score (nSPS) is 11.0. The van der Waals surface area contributed by atoms with E-state index in [2.05, 4.69) is 39.5 Å². The monoisotopic (exact) mass is 1220 g/mol. The van der Waals surface area contributed by atoms with Gasteiger partial charge < -0.3 is 52.6 Å². The molecule has 0 spiro atoms. The van der Waals surface area contributed by atoms with Crippen LogP contribution in [0.4, 0.5) is 17.1 Å². The van der Waals surface area contributed by atoms with Crippen LogP contribution in [0, 0.1) is 39.4 Å². The van der Waals surface area contributed by atoms with E-state index in [1.807, 2.05) is 11.0 Å². The van der Waals surface area contributed by atoms with E-state index < -0.39 is 89.7 Å². The molecule has 464 valence electrons. The summed E-state index contributed by atoms with van der Waals surface area (Å²) in [7, 11) is 0. The molecule has 0 heterocycles. The lowest BCUT2D eigenvalue weighted by atomic mass is 9.94. The highest BCUT2D eigenvalue weighted by molar-refractivity contribution is 5.99. The second-order valence-corrected chi connectivity index (χ2v) is 18.9. The van der Waals surface area contributed by atoms with Crippen molar-refractivity contribution in [3.05, 3.63) is 182 Å². The molecule has 0 aliphatic carbocycles. The van der Waals surface area contributed by atoms with Gasteiger partial charge in [0.05, 0.1) is 38.1 Å². The minimum absolute atomic E-state index is 0.0159. The van der Waals surface area contributed by atoms with Gasteiger partial charge >= 0.3 is 47.8 Å². The van der Waals surface area contributed by atoms with Crippen LogP contribution in [0.5, 0.6) is 0 Å². The summed E-state index contributed by atoms with van der Waals surface area (Å²) in [5.41, 5.74) is -0.0304. The Labute approximate surface area is 516 Å². The lowest BCUT2D eigenvalue weighted by molar-refractivity contribution is -0.155. The molecule has 0 fully saturated rings.